The summed E-state index contributed by atoms with van der Waals surface area (Å²) in [6.07, 6.45) is 5.18. The van der Waals surface area contributed by atoms with Gasteiger partial charge in [0.1, 0.15) is 17.1 Å². The minimum Gasteiger partial charge on any atom is -0.256 e. The van der Waals surface area contributed by atoms with Crippen molar-refractivity contribution >= 4 is 23.1 Å². The SMILES string of the molecule is S=C=Nc1cccnc1-c1ncccc1-c1ccccn1.[Pt+2]. The van der Waals surface area contributed by atoms with E-state index in [1.165, 1.54) is 0 Å². The molecule has 0 unspecified atom stereocenters. The van der Waals surface area contributed by atoms with Crippen molar-refractivity contribution in [3.63, 3.8) is 0 Å². The maximum Gasteiger partial charge on any atom is 2.00 e. The van der Waals surface area contributed by atoms with Gasteiger partial charge >= 0.3 is 21.1 Å². The summed E-state index contributed by atoms with van der Waals surface area (Å²) in [5.74, 6) is 0. The normalized spacial score (nSPS) is 9.45. The van der Waals surface area contributed by atoms with Crippen LogP contribution in [0.1, 0.15) is 0 Å². The fraction of sp³-hybridized carbons (Fsp3) is 0. The van der Waals surface area contributed by atoms with E-state index in [0.717, 1.165) is 17.0 Å². The van der Waals surface area contributed by atoms with Crippen molar-refractivity contribution in [2.45, 2.75) is 0 Å². The second-order valence-electron chi connectivity index (χ2n) is 4.19. The molecule has 3 heterocycles. The van der Waals surface area contributed by atoms with Crippen molar-refractivity contribution in [3.05, 3.63) is 61.1 Å². The molecular weight excluding hydrogens is 475 g/mol. The van der Waals surface area contributed by atoms with Crippen LogP contribution in [-0.2, 0) is 21.1 Å². The van der Waals surface area contributed by atoms with Crippen LogP contribution in [0.4, 0.5) is 5.69 Å². The van der Waals surface area contributed by atoms with E-state index in [0.29, 0.717) is 11.4 Å². The molecule has 22 heavy (non-hydrogen) atoms. The van der Waals surface area contributed by atoms with Gasteiger partial charge in [-0.15, -0.1) is 0 Å². The zero-order chi connectivity index (χ0) is 14.5. The van der Waals surface area contributed by atoms with Crippen LogP contribution in [0.2, 0.25) is 0 Å². The Morgan fingerprint density at radius 2 is 1.55 bits per heavy atom. The third kappa shape index (κ3) is 3.39. The first-order chi connectivity index (χ1) is 10.4. The molecule has 108 valence electrons. The molecule has 0 bridgehead atoms. The summed E-state index contributed by atoms with van der Waals surface area (Å²) in [4.78, 5) is 17.3. The van der Waals surface area contributed by atoms with Gasteiger partial charge in [0.2, 0.25) is 0 Å². The molecule has 3 rings (SSSR count). The molecule has 0 fully saturated rings. The summed E-state index contributed by atoms with van der Waals surface area (Å²) in [7, 11) is 0. The van der Waals surface area contributed by atoms with E-state index >= 15 is 0 Å². The van der Waals surface area contributed by atoms with Crippen LogP contribution >= 0.6 is 12.2 Å². The summed E-state index contributed by atoms with van der Waals surface area (Å²) < 4.78 is 0. The van der Waals surface area contributed by atoms with E-state index in [2.05, 4.69) is 25.1 Å². The Bertz CT molecular complexity index is 817. The summed E-state index contributed by atoms with van der Waals surface area (Å²) in [5, 5.41) is 2.38. The summed E-state index contributed by atoms with van der Waals surface area (Å²) in [5.41, 5.74) is 3.77. The van der Waals surface area contributed by atoms with Crippen molar-refractivity contribution in [2.24, 2.45) is 4.99 Å². The number of pyridine rings is 3. The van der Waals surface area contributed by atoms with Crippen LogP contribution in [0.25, 0.3) is 22.6 Å². The van der Waals surface area contributed by atoms with Crippen molar-refractivity contribution in [2.75, 3.05) is 0 Å². The van der Waals surface area contributed by atoms with Gasteiger partial charge in [-0.05, 0) is 48.6 Å². The Morgan fingerprint density at radius 3 is 2.27 bits per heavy atom. The van der Waals surface area contributed by atoms with Crippen molar-refractivity contribution in [3.8, 4) is 22.6 Å². The molecule has 0 aliphatic rings. The Balaban J connectivity index is 0.00000176. The third-order valence-electron chi connectivity index (χ3n) is 2.93. The molecular formula is C16H10N4PtS+2. The minimum atomic E-state index is 0. The topological polar surface area (TPSA) is 51.0 Å². The molecule has 0 spiro atoms. The molecule has 0 radical (unpaired) electrons. The summed E-state index contributed by atoms with van der Waals surface area (Å²) in [6.45, 7) is 0. The molecule has 0 saturated carbocycles. The molecule has 6 heteroatoms. The van der Waals surface area contributed by atoms with Crippen molar-refractivity contribution < 1.29 is 21.1 Å². The number of hydrogen-bond donors (Lipinski definition) is 0. The molecule has 0 aliphatic carbocycles. The number of isothiocyanates is 1. The maximum atomic E-state index is 4.69. The Hall–Kier alpha value is -2.06. The summed E-state index contributed by atoms with van der Waals surface area (Å²) >= 11 is 4.69. The van der Waals surface area contributed by atoms with Crippen LogP contribution < -0.4 is 0 Å². The molecule has 0 amide bonds. The number of hydrogen-bond acceptors (Lipinski definition) is 5. The number of aliphatic imine (C=N–C) groups is 1. The molecule has 0 saturated heterocycles. The third-order valence-corrected chi connectivity index (χ3v) is 3.02. The average molecular weight is 485 g/mol. The number of nitrogens with zero attached hydrogens (tertiary/aromatic N) is 4. The molecule has 3 aromatic heterocycles. The number of rotatable bonds is 3. The van der Waals surface area contributed by atoms with E-state index in [-0.39, 0.29) is 21.1 Å². The van der Waals surface area contributed by atoms with Gasteiger partial charge in [0.15, 0.2) is 0 Å². The zero-order valence-electron chi connectivity index (χ0n) is 11.3. The second-order valence-corrected chi connectivity index (χ2v) is 4.37. The largest absolute Gasteiger partial charge is 2.00 e. The van der Waals surface area contributed by atoms with Gasteiger partial charge in [-0.2, -0.15) is 4.99 Å². The van der Waals surface area contributed by atoms with Crippen LogP contribution in [0.15, 0.2) is 66.0 Å². The Kier molecular flexibility index (Phi) is 5.79. The molecule has 0 N–H and O–H groups in total. The van der Waals surface area contributed by atoms with Gasteiger partial charge in [0.25, 0.3) is 0 Å². The quantitative estimate of drug-likeness (QED) is 0.417. The molecule has 0 aromatic carbocycles. The smallest absolute Gasteiger partial charge is 0.256 e. The van der Waals surface area contributed by atoms with E-state index in [4.69, 9.17) is 12.2 Å². The number of thiocarbonyl (C=S) groups is 1. The van der Waals surface area contributed by atoms with E-state index in [9.17, 15) is 0 Å². The zero-order valence-corrected chi connectivity index (χ0v) is 14.4. The average Bonchev–Trinajstić information content (AvgIpc) is 2.57. The standard InChI is InChI=1S/C16H10N4S.Pt/c21-11-20-14-7-4-10-19-16(14)15-12(5-3-9-18-15)13-6-1-2-8-17-13;/h1-10H;/q;+2. The monoisotopic (exact) mass is 485 g/mol. The van der Waals surface area contributed by atoms with Crippen LogP contribution in [0.5, 0.6) is 0 Å². The fourth-order valence-electron chi connectivity index (χ4n) is 2.04. The second kappa shape index (κ2) is 7.81. The van der Waals surface area contributed by atoms with Crippen molar-refractivity contribution in [1.82, 2.24) is 15.0 Å². The Labute approximate surface area is 147 Å². The van der Waals surface area contributed by atoms with Crippen LogP contribution in [-0.4, -0.2) is 20.1 Å². The van der Waals surface area contributed by atoms with Crippen LogP contribution in [0, 0.1) is 0 Å². The van der Waals surface area contributed by atoms with Crippen molar-refractivity contribution in [1.29, 1.82) is 0 Å². The van der Waals surface area contributed by atoms with Gasteiger partial charge in [-0.25, -0.2) is 0 Å². The first-order valence-electron chi connectivity index (χ1n) is 6.30. The van der Waals surface area contributed by atoms with E-state index in [1.807, 2.05) is 36.4 Å². The first-order valence-corrected chi connectivity index (χ1v) is 6.70. The van der Waals surface area contributed by atoms with Crippen LogP contribution in [0.3, 0.4) is 0 Å². The molecule has 3 aromatic rings. The van der Waals surface area contributed by atoms with Gasteiger partial charge in [-0.1, -0.05) is 6.07 Å². The van der Waals surface area contributed by atoms with Gasteiger partial charge in [-0.3, -0.25) is 15.0 Å². The predicted octanol–water partition coefficient (Wildman–Crippen LogP) is 3.94. The molecule has 0 atom stereocenters. The minimum absolute atomic E-state index is 0. The predicted molar refractivity (Wildman–Crippen MR) is 85.4 cm³/mol. The number of aromatic nitrogens is 3. The summed E-state index contributed by atoms with van der Waals surface area (Å²) in [6, 6.07) is 13.2. The first kappa shape index (κ1) is 16.3. The maximum absolute atomic E-state index is 4.69. The fourth-order valence-corrected chi connectivity index (χ4v) is 2.14. The van der Waals surface area contributed by atoms with E-state index < -0.39 is 0 Å². The Morgan fingerprint density at radius 1 is 0.818 bits per heavy atom. The van der Waals surface area contributed by atoms with E-state index in [1.54, 1.807) is 24.7 Å². The molecule has 0 aliphatic heterocycles. The van der Waals surface area contributed by atoms with Gasteiger partial charge < -0.3 is 0 Å². The molecule has 4 nitrogen and oxygen atoms in total. The van der Waals surface area contributed by atoms with Gasteiger partial charge in [0.05, 0.1) is 10.9 Å². The van der Waals surface area contributed by atoms with Gasteiger partial charge in [0, 0.05) is 24.2 Å².